The second-order valence-electron chi connectivity index (χ2n) is 9.79. The van der Waals surface area contributed by atoms with Gasteiger partial charge in [0.2, 0.25) is 11.8 Å². The second-order valence-corrected chi connectivity index (χ2v) is 12.1. The predicted molar refractivity (Wildman–Crippen MR) is 156 cm³/mol. The fourth-order valence-corrected chi connectivity index (χ4v) is 5.88. The average molecular weight is 570 g/mol. The fraction of sp³-hybridized carbons (Fsp3) is 0.333. The summed E-state index contributed by atoms with van der Waals surface area (Å²) < 4.78 is 29.0. The van der Waals surface area contributed by atoms with Gasteiger partial charge in [0.05, 0.1) is 10.6 Å². The lowest BCUT2D eigenvalue weighted by atomic mass is 10.1. The zero-order chi connectivity index (χ0) is 28.7. The smallest absolute Gasteiger partial charge is 0.264 e. The highest BCUT2D eigenvalue weighted by Crippen LogP contribution is 2.27. The van der Waals surface area contributed by atoms with Gasteiger partial charge in [-0.05, 0) is 87.2 Å². The van der Waals surface area contributed by atoms with Crippen LogP contribution in [-0.4, -0.2) is 44.3 Å². The second kappa shape index (κ2) is 13.1. The molecule has 0 aromatic heterocycles. The molecule has 7 nitrogen and oxygen atoms in total. The Bertz CT molecular complexity index is 1400. The van der Waals surface area contributed by atoms with Crippen LogP contribution in [0, 0.1) is 20.8 Å². The van der Waals surface area contributed by atoms with Crippen molar-refractivity contribution in [2.45, 2.75) is 58.5 Å². The lowest BCUT2D eigenvalue weighted by molar-refractivity contribution is -0.139. The first-order valence-corrected chi connectivity index (χ1v) is 14.7. The topological polar surface area (TPSA) is 86.8 Å². The van der Waals surface area contributed by atoms with Crippen LogP contribution in [0.1, 0.15) is 42.5 Å². The summed E-state index contributed by atoms with van der Waals surface area (Å²) in [7, 11) is -4.11. The quantitative estimate of drug-likeness (QED) is 0.335. The monoisotopic (exact) mass is 569 g/mol. The van der Waals surface area contributed by atoms with Gasteiger partial charge in [0, 0.05) is 18.1 Å². The molecule has 0 saturated heterocycles. The maximum atomic E-state index is 13.9. The van der Waals surface area contributed by atoms with Crippen LogP contribution in [0.15, 0.2) is 71.6 Å². The number of anilines is 1. The molecule has 0 bridgehead atoms. The third kappa shape index (κ3) is 7.83. The van der Waals surface area contributed by atoms with Crippen molar-refractivity contribution in [2.75, 3.05) is 17.4 Å². The van der Waals surface area contributed by atoms with Gasteiger partial charge in [-0.2, -0.15) is 0 Å². The lowest BCUT2D eigenvalue weighted by Crippen LogP contribution is -2.51. The van der Waals surface area contributed by atoms with Gasteiger partial charge in [0.1, 0.15) is 12.6 Å². The van der Waals surface area contributed by atoms with Gasteiger partial charge in [0.15, 0.2) is 0 Å². The van der Waals surface area contributed by atoms with Crippen LogP contribution >= 0.6 is 11.6 Å². The number of nitrogens with zero attached hydrogens (tertiary/aromatic N) is 2. The number of rotatable bonds is 11. The minimum atomic E-state index is -4.11. The Morgan fingerprint density at radius 1 is 0.923 bits per heavy atom. The zero-order valence-corrected chi connectivity index (χ0v) is 24.6. The standard InChI is InChI=1S/C30H36ClN3O4S/c1-6-14-32-30(36)24(5)33(19-25-8-7-9-26(31)18-25)29(35)20-34(27-16-22(3)15-23(4)17-27)39(37,38)28-12-10-21(2)11-13-28/h7-13,15-18,24H,6,14,19-20H2,1-5H3,(H,32,36). The van der Waals surface area contributed by atoms with Gasteiger partial charge in [-0.15, -0.1) is 0 Å². The Labute approximate surface area is 236 Å². The molecule has 208 valence electrons. The first-order valence-electron chi connectivity index (χ1n) is 12.9. The minimum Gasteiger partial charge on any atom is -0.354 e. The molecule has 0 aliphatic carbocycles. The number of nitrogens with one attached hydrogen (secondary N) is 1. The van der Waals surface area contributed by atoms with E-state index in [2.05, 4.69) is 5.32 Å². The molecule has 3 rings (SSSR count). The third-order valence-electron chi connectivity index (χ3n) is 6.34. The SMILES string of the molecule is CCCNC(=O)C(C)N(Cc1cccc(Cl)c1)C(=O)CN(c1cc(C)cc(C)c1)S(=O)(=O)c1ccc(C)cc1. The number of sulfonamides is 1. The van der Waals surface area contributed by atoms with Crippen LogP contribution in [0.3, 0.4) is 0 Å². The van der Waals surface area contributed by atoms with E-state index in [9.17, 15) is 18.0 Å². The minimum absolute atomic E-state index is 0.0789. The summed E-state index contributed by atoms with van der Waals surface area (Å²) in [5, 5.41) is 3.34. The van der Waals surface area contributed by atoms with E-state index in [4.69, 9.17) is 11.6 Å². The molecular formula is C30H36ClN3O4S. The Morgan fingerprint density at radius 2 is 1.56 bits per heavy atom. The highest BCUT2D eigenvalue weighted by molar-refractivity contribution is 7.92. The molecule has 0 fully saturated rings. The van der Waals surface area contributed by atoms with Crippen molar-refractivity contribution < 1.29 is 18.0 Å². The van der Waals surface area contributed by atoms with Crippen molar-refractivity contribution in [1.29, 1.82) is 0 Å². The molecule has 1 N–H and O–H groups in total. The van der Waals surface area contributed by atoms with Crippen molar-refractivity contribution in [2.24, 2.45) is 0 Å². The summed E-state index contributed by atoms with van der Waals surface area (Å²) in [6.07, 6.45) is 0.746. The molecule has 0 radical (unpaired) electrons. The summed E-state index contributed by atoms with van der Waals surface area (Å²) in [5.41, 5.74) is 3.76. The largest absolute Gasteiger partial charge is 0.354 e. The van der Waals surface area contributed by atoms with Crippen molar-refractivity contribution in [1.82, 2.24) is 10.2 Å². The number of benzene rings is 3. The Morgan fingerprint density at radius 3 is 2.15 bits per heavy atom. The molecule has 3 aromatic rings. The van der Waals surface area contributed by atoms with E-state index >= 15 is 0 Å². The van der Waals surface area contributed by atoms with E-state index < -0.39 is 28.5 Å². The molecule has 2 amide bonds. The summed E-state index contributed by atoms with van der Waals surface area (Å²) in [5.74, 6) is -0.824. The molecular weight excluding hydrogens is 534 g/mol. The maximum Gasteiger partial charge on any atom is 0.264 e. The van der Waals surface area contributed by atoms with Crippen molar-refractivity contribution in [3.63, 3.8) is 0 Å². The summed E-state index contributed by atoms with van der Waals surface area (Å²) in [6, 6.07) is 18.1. The third-order valence-corrected chi connectivity index (χ3v) is 8.36. The van der Waals surface area contributed by atoms with E-state index in [0.717, 1.165) is 33.0 Å². The highest BCUT2D eigenvalue weighted by Gasteiger charge is 2.32. The molecule has 1 unspecified atom stereocenters. The summed E-state index contributed by atoms with van der Waals surface area (Å²) >= 11 is 6.18. The first-order chi connectivity index (χ1) is 18.4. The van der Waals surface area contributed by atoms with Crippen LogP contribution in [0.25, 0.3) is 0 Å². The van der Waals surface area contributed by atoms with Gasteiger partial charge in [-0.3, -0.25) is 13.9 Å². The lowest BCUT2D eigenvalue weighted by Gasteiger charge is -2.32. The fourth-order valence-electron chi connectivity index (χ4n) is 4.27. The Hall–Kier alpha value is -3.36. The number of hydrogen-bond acceptors (Lipinski definition) is 4. The highest BCUT2D eigenvalue weighted by atomic mass is 35.5. The Kier molecular flexibility index (Phi) is 10.2. The van der Waals surface area contributed by atoms with Crippen molar-refractivity contribution >= 4 is 39.1 Å². The molecule has 0 aliphatic rings. The van der Waals surface area contributed by atoms with Gasteiger partial charge >= 0.3 is 0 Å². The van der Waals surface area contributed by atoms with Gasteiger partial charge in [-0.25, -0.2) is 8.42 Å². The molecule has 0 spiro atoms. The predicted octanol–water partition coefficient (Wildman–Crippen LogP) is 5.40. The zero-order valence-electron chi connectivity index (χ0n) is 23.1. The van der Waals surface area contributed by atoms with Crippen LogP contribution in [-0.2, 0) is 26.2 Å². The van der Waals surface area contributed by atoms with E-state index in [1.165, 1.54) is 17.0 Å². The van der Waals surface area contributed by atoms with E-state index in [1.807, 2.05) is 39.8 Å². The number of aryl methyl sites for hydroxylation is 3. The number of carbonyl (C=O) groups is 2. The molecule has 0 heterocycles. The number of hydrogen-bond donors (Lipinski definition) is 1. The van der Waals surface area contributed by atoms with Gasteiger partial charge in [-0.1, -0.05) is 54.4 Å². The molecule has 0 saturated carbocycles. The number of amides is 2. The van der Waals surface area contributed by atoms with E-state index in [1.54, 1.807) is 49.4 Å². The maximum absolute atomic E-state index is 13.9. The summed E-state index contributed by atoms with van der Waals surface area (Å²) in [4.78, 5) is 28.4. The molecule has 39 heavy (non-hydrogen) atoms. The van der Waals surface area contributed by atoms with Crippen molar-refractivity contribution in [3.05, 3.63) is 94.0 Å². The van der Waals surface area contributed by atoms with Crippen LogP contribution in [0.5, 0.6) is 0 Å². The van der Waals surface area contributed by atoms with Crippen LogP contribution in [0.2, 0.25) is 5.02 Å². The molecule has 0 aliphatic heterocycles. The molecule has 9 heteroatoms. The van der Waals surface area contributed by atoms with Crippen LogP contribution in [0.4, 0.5) is 5.69 Å². The summed E-state index contributed by atoms with van der Waals surface area (Å²) in [6.45, 7) is 9.29. The molecule has 3 aromatic carbocycles. The van der Waals surface area contributed by atoms with Gasteiger partial charge in [0.25, 0.3) is 10.0 Å². The van der Waals surface area contributed by atoms with Crippen molar-refractivity contribution in [3.8, 4) is 0 Å². The van der Waals surface area contributed by atoms with Crippen LogP contribution < -0.4 is 9.62 Å². The number of carbonyl (C=O) groups excluding carboxylic acids is 2. The Balaban J connectivity index is 2.05. The molecule has 1 atom stereocenters. The van der Waals surface area contributed by atoms with E-state index in [0.29, 0.717) is 17.3 Å². The first kappa shape index (κ1) is 30.2. The van der Waals surface area contributed by atoms with E-state index in [-0.39, 0.29) is 17.3 Å². The number of halogens is 1. The normalized spacial score (nSPS) is 12.1. The van der Waals surface area contributed by atoms with Gasteiger partial charge < -0.3 is 10.2 Å². The average Bonchev–Trinajstić information content (AvgIpc) is 2.88.